The van der Waals surface area contributed by atoms with Crippen molar-refractivity contribution >= 4 is 17.4 Å². The van der Waals surface area contributed by atoms with Crippen LogP contribution in [0.15, 0.2) is 24.3 Å². The molecule has 0 radical (unpaired) electrons. The highest BCUT2D eigenvalue weighted by molar-refractivity contribution is 5.96. The molecule has 2 fully saturated rings. The second-order valence-electron chi connectivity index (χ2n) is 9.56. The van der Waals surface area contributed by atoms with Gasteiger partial charge in [0.05, 0.1) is 11.7 Å². The topological polar surface area (TPSA) is 55.8 Å². The Morgan fingerprint density at radius 2 is 1.78 bits per heavy atom. The average Bonchev–Trinajstić information content (AvgIpc) is 3.45. The fourth-order valence-corrected chi connectivity index (χ4v) is 4.77. The molecule has 0 N–H and O–H groups in total. The van der Waals surface area contributed by atoms with E-state index in [2.05, 4.69) is 28.9 Å². The van der Waals surface area contributed by atoms with Crippen LogP contribution in [-0.4, -0.2) is 73.5 Å². The second-order valence-corrected chi connectivity index (χ2v) is 9.56. The summed E-state index contributed by atoms with van der Waals surface area (Å²) in [7, 11) is 8.07. The largest absolute Gasteiger partial charge is 0.371 e. The summed E-state index contributed by atoms with van der Waals surface area (Å²) in [5, 5.41) is 0. The molecule has 1 atom stereocenters. The van der Waals surface area contributed by atoms with Gasteiger partial charge in [0.15, 0.2) is 5.82 Å². The molecule has 0 saturated carbocycles. The van der Waals surface area contributed by atoms with Gasteiger partial charge in [-0.15, -0.1) is 0 Å². The number of aryl methyl sites for hydroxylation is 1. The molecule has 1 aromatic heterocycles. The molecule has 7 heteroatoms. The van der Waals surface area contributed by atoms with Crippen molar-refractivity contribution in [1.82, 2.24) is 19.8 Å². The Bertz CT molecular complexity index is 967. The van der Waals surface area contributed by atoms with Crippen LogP contribution in [0.2, 0.25) is 0 Å². The summed E-state index contributed by atoms with van der Waals surface area (Å²) in [6, 6.07) is 8.10. The summed E-state index contributed by atoms with van der Waals surface area (Å²) in [6.45, 7) is 5.77. The maximum absolute atomic E-state index is 13.6. The molecular formula is C25H36N6O. The first-order chi connectivity index (χ1) is 15.3. The molecule has 3 heterocycles. The van der Waals surface area contributed by atoms with Gasteiger partial charge in [0.1, 0.15) is 5.82 Å². The maximum atomic E-state index is 13.6. The smallest absolute Gasteiger partial charge is 0.254 e. The van der Waals surface area contributed by atoms with E-state index < -0.39 is 0 Å². The van der Waals surface area contributed by atoms with E-state index in [-0.39, 0.29) is 11.9 Å². The molecule has 7 nitrogen and oxygen atoms in total. The van der Waals surface area contributed by atoms with Gasteiger partial charge in [0, 0.05) is 57.6 Å². The van der Waals surface area contributed by atoms with Crippen molar-refractivity contribution in [2.45, 2.75) is 45.2 Å². The van der Waals surface area contributed by atoms with E-state index in [0.717, 1.165) is 61.9 Å². The summed E-state index contributed by atoms with van der Waals surface area (Å²) >= 11 is 0. The van der Waals surface area contributed by atoms with Crippen LogP contribution in [0.3, 0.4) is 0 Å². The quantitative estimate of drug-likeness (QED) is 0.691. The minimum Gasteiger partial charge on any atom is -0.371 e. The Morgan fingerprint density at radius 1 is 1.03 bits per heavy atom. The van der Waals surface area contributed by atoms with Gasteiger partial charge in [-0.3, -0.25) is 4.79 Å². The van der Waals surface area contributed by atoms with Crippen molar-refractivity contribution in [2.75, 3.05) is 57.6 Å². The van der Waals surface area contributed by atoms with Crippen molar-refractivity contribution < 1.29 is 4.79 Å². The monoisotopic (exact) mass is 436 g/mol. The molecule has 0 bridgehead atoms. The van der Waals surface area contributed by atoms with Crippen molar-refractivity contribution in [1.29, 1.82) is 0 Å². The van der Waals surface area contributed by atoms with E-state index in [1.54, 1.807) is 0 Å². The number of nitrogens with zero attached hydrogens (tertiary/aromatic N) is 6. The van der Waals surface area contributed by atoms with E-state index in [1.165, 1.54) is 24.1 Å². The van der Waals surface area contributed by atoms with Crippen LogP contribution >= 0.6 is 0 Å². The first-order valence-corrected chi connectivity index (χ1v) is 11.7. The van der Waals surface area contributed by atoms with Crippen LogP contribution in [0.5, 0.6) is 0 Å². The van der Waals surface area contributed by atoms with Gasteiger partial charge in [-0.25, -0.2) is 9.97 Å². The van der Waals surface area contributed by atoms with Crippen LogP contribution < -0.4 is 9.80 Å². The molecule has 1 aromatic carbocycles. The van der Waals surface area contributed by atoms with Gasteiger partial charge in [-0.05, 0) is 64.4 Å². The Labute approximate surface area is 192 Å². The molecule has 2 aliphatic rings. The third-order valence-electron chi connectivity index (χ3n) is 6.43. The van der Waals surface area contributed by atoms with Crippen molar-refractivity contribution in [3.8, 4) is 0 Å². The van der Waals surface area contributed by atoms with Crippen LogP contribution in [0.1, 0.15) is 59.2 Å². The predicted octanol–water partition coefficient (Wildman–Crippen LogP) is 3.49. The summed E-state index contributed by atoms with van der Waals surface area (Å²) in [5.74, 6) is 1.73. The van der Waals surface area contributed by atoms with E-state index in [9.17, 15) is 4.79 Å². The fourth-order valence-electron chi connectivity index (χ4n) is 4.77. The number of rotatable bonds is 6. The molecule has 2 saturated heterocycles. The first-order valence-electron chi connectivity index (χ1n) is 11.7. The second kappa shape index (κ2) is 9.45. The van der Waals surface area contributed by atoms with Crippen molar-refractivity contribution in [2.24, 2.45) is 0 Å². The van der Waals surface area contributed by atoms with Crippen LogP contribution in [0, 0.1) is 6.92 Å². The number of likely N-dealkylation sites (tertiary alicyclic amines) is 1. The number of hydrogen-bond acceptors (Lipinski definition) is 6. The number of carbonyl (C=O) groups excluding carboxylic acids is 1. The fraction of sp³-hybridized carbons (Fsp3) is 0.560. The van der Waals surface area contributed by atoms with Crippen LogP contribution in [-0.2, 0) is 6.54 Å². The lowest BCUT2D eigenvalue weighted by Crippen LogP contribution is -2.32. The van der Waals surface area contributed by atoms with Gasteiger partial charge in [0.2, 0.25) is 0 Å². The highest BCUT2D eigenvalue weighted by atomic mass is 16.2. The molecule has 2 aliphatic heterocycles. The number of aromatic nitrogens is 2. The van der Waals surface area contributed by atoms with Crippen molar-refractivity contribution in [3.05, 3.63) is 46.9 Å². The number of carbonyl (C=O) groups is 1. The zero-order valence-corrected chi connectivity index (χ0v) is 20.1. The molecule has 2 aromatic rings. The molecule has 172 valence electrons. The highest BCUT2D eigenvalue weighted by Gasteiger charge is 2.33. The standard InChI is InChI=1S/C25H36N6O/c1-18-10-11-19(15-22(18)30-12-6-7-13-30)25(32)31-14-8-9-21(31)24-26-20(17-28(2)3)16-23(27-24)29(4)5/h10-11,15-16,21H,6-9,12-14,17H2,1-5H3/t21-/m0/s1. The van der Waals surface area contributed by atoms with E-state index in [4.69, 9.17) is 9.97 Å². The minimum atomic E-state index is -0.0835. The summed E-state index contributed by atoms with van der Waals surface area (Å²) in [5.41, 5.74) is 4.18. The lowest BCUT2D eigenvalue weighted by atomic mass is 10.1. The molecule has 1 amide bonds. The molecule has 4 rings (SSSR count). The lowest BCUT2D eigenvalue weighted by Gasteiger charge is -2.26. The molecular weight excluding hydrogens is 400 g/mol. The number of amides is 1. The SMILES string of the molecule is Cc1ccc(C(=O)N2CCC[C@H]2c2nc(CN(C)C)cc(N(C)C)n2)cc1N1CCCC1. The first kappa shape index (κ1) is 22.5. The third-order valence-corrected chi connectivity index (χ3v) is 6.43. The zero-order valence-electron chi connectivity index (χ0n) is 20.1. The molecule has 32 heavy (non-hydrogen) atoms. The van der Waals surface area contributed by atoms with Gasteiger partial charge in [-0.2, -0.15) is 0 Å². The van der Waals surface area contributed by atoms with E-state index >= 15 is 0 Å². The Hall–Kier alpha value is -2.67. The van der Waals surface area contributed by atoms with Crippen LogP contribution in [0.25, 0.3) is 0 Å². The van der Waals surface area contributed by atoms with E-state index in [0.29, 0.717) is 0 Å². The molecule has 0 aliphatic carbocycles. The summed E-state index contributed by atoms with van der Waals surface area (Å²) in [4.78, 5) is 31.8. The Morgan fingerprint density at radius 3 is 2.47 bits per heavy atom. The molecule has 0 unspecified atom stereocenters. The van der Waals surface area contributed by atoms with Gasteiger partial charge in [0.25, 0.3) is 5.91 Å². The number of anilines is 2. The lowest BCUT2D eigenvalue weighted by molar-refractivity contribution is 0.0729. The summed E-state index contributed by atoms with van der Waals surface area (Å²) < 4.78 is 0. The van der Waals surface area contributed by atoms with E-state index in [1.807, 2.05) is 50.1 Å². The van der Waals surface area contributed by atoms with Crippen LogP contribution in [0.4, 0.5) is 11.5 Å². The normalized spacial score (nSPS) is 18.6. The van der Waals surface area contributed by atoms with Gasteiger partial charge < -0.3 is 19.6 Å². The Kier molecular flexibility index (Phi) is 6.65. The Balaban J connectivity index is 1.63. The summed E-state index contributed by atoms with van der Waals surface area (Å²) in [6.07, 6.45) is 4.32. The van der Waals surface area contributed by atoms with Crippen molar-refractivity contribution in [3.63, 3.8) is 0 Å². The number of hydrogen-bond donors (Lipinski definition) is 0. The molecule has 0 spiro atoms. The minimum absolute atomic E-state index is 0.0835. The highest BCUT2D eigenvalue weighted by Crippen LogP contribution is 2.33. The van der Waals surface area contributed by atoms with Gasteiger partial charge in [-0.1, -0.05) is 6.07 Å². The predicted molar refractivity (Wildman–Crippen MR) is 129 cm³/mol. The van der Waals surface area contributed by atoms with Gasteiger partial charge >= 0.3 is 0 Å². The zero-order chi connectivity index (χ0) is 22.8. The third kappa shape index (κ3) is 4.72. The average molecular weight is 437 g/mol. The maximum Gasteiger partial charge on any atom is 0.254 e. The number of benzene rings is 1.